The van der Waals surface area contributed by atoms with Crippen molar-refractivity contribution in [2.24, 2.45) is 0 Å². The summed E-state index contributed by atoms with van der Waals surface area (Å²) in [6.45, 7) is 8.97. The van der Waals surface area contributed by atoms with Crippen LogP contribution in [-0.4, -0.2) is 61.6 Å². The van der Waals surface area contributed by atoms with Crippen LogP contribution in [0.2, 0.25) is 0 Å². The molecule has 7 nitrogen and oxygen atoms in total. The molecule has 7 heteroatoms. The second-order valence-corrected chi connectivity index (χ2v) is 8.19. The highest BCUT2D eigenvalue weighted by atomic mass is 16.5. The number of aryl methyl sites for hydroxylation is 2. The first kappa shape index (κ1) is 24.5. The summed E-state index contributed by atoms with van der Waals surface area (Å²) in [4.78, 5) is 26.5. The van der Waals surface area contributed by atoms with Crippen LogP contribution in [0.3, 0.4) is 0 Å². The Kier molecular flexibility index (Phi) is 8.68. The number of ketones is 1. The Morgan fingerprint density at radius 1 is 1.06 bits per heavy atom. The van der Waals surface area contributed by atoms with Crippen molar-refractivity contribution in [2.45, 2.75) is 46.7 Å². The third-order valence-corrected chi connectivity index (χ3v) is 5.22. The molecule has 0 radical (unpaired) electrons. The summed E-state index contributed by atoms with van der Waals surface area (Å²) in [6.07, 6.45) is 0.805. The van der Waals surface area contributed by atoms with Gasteiger partial charge >= 0.3 is 0 Å². The van der Waals surface area contributed by atoms with Gasteiger partial charge in [0.25, 0.3) is 0 Å². The van der Waals surface area contributed by atoms with Crippen LogP contribution in [0.4, 0.5) is 0 Å². The maximum Gasteiger partial charge on any atom is 0.234 e. The number of rotatable bonds is 11. The van der Waals surface area contributed by atoms with Crippen LogP contribution in [-0.2, 0) is 17.8 Å². The molecule has 0 unspecified atom stereocenters. The molecule has 0 aliphatic carbocycles. The fraction of sp³-hybridized carbons (Fsp3) is 0.500. The summed E-state index contributed by atoms with van der Waals surface area (Å²) in [5, 5.41) is 2.85. The Morgan fingerprint density at radius 3 is 2.35 bits per heavy atom. The van der Waals surface area contributed by atoms with Gasteiger partial charge in [0.2, 0.25) is 5.91 Å². The molecule has 0 saturated heterocycles. The zero-order valence-electron chi connectivity index (χ0n) is 19.7. The molecule has 1 N–H and O–H groups in total. The lowest BCUT2D eigenvalue weighted by atomic mass is 10.1. The second-order valence-electron chi connectivity index (χ2n) is 8.19. The third-order valence-electron chi connectivity index (χ3n) is 5.22. The summed E-state index contributed by atoms with van der Waals surface area (Å²) in [5.41, 5.74) is 3.83. The van der Waals surface area contributed by atoms with Gasteiger partial charge in [0.1, 0.15) is 0 Å². The molecule has 0 saturated carbocycles. The van der Waals surface area contributed by atoms with Gasteiger partial charge in [-0.05, 0) is 64.9 Å². The first-order valence-electron chi connectivity index (χ1n) is 10.5. The number of aromatic nitrogens is 1. The first-order valence-corrected chi connectivity index (χ1v) is 10.5. The van der Waals surface area contributed by atoms with Crippen molar-refractivity contribution < 1.29 is 19.1 Å². The van der Waals surface area contributed by atoms with Crippen molar-refractivity contribution in [2.75, 3.05) is 34.4 Å². The molecule has 0 aliphatic heterocycles. The number of hydrogen-bond donors (Lipinski definition) is 1. The van der Waals surface area contributed by atoms with Gasteiger partial charge in [-0.1, -0.05) is 6.07 Å². The van der Waals surface area contributed by atoms with Gasteiger partial charge < -0.3 is 19.4 Å². The number of methoxy groups -OCH3 is 2. The SMILES string of the molecule is COc1ccc(CCn2c(C)cc(C(=O)CN(C)CC(=O)NC(C)C)c2C)cc1OC. The van der Waals surface area contributed by atoms with E-state index >= 15 is 0 Å². The minimum absolute atomic E-state index is 0.0188. The molecular weight excluding hydrogens is 394 g/mol. The fourth-order valence-electron chi connectivity index (χ4n) is 3.70. The summed E-state index contributed by atoms with van der Waals surface area (Å²) in [5.74, 6) is 1.36. The lowest BCUT2D eigenvalue weighted by molar-refractivity contribution is -0.122. The lowest BCUT2D eigenvalue weighted by Gasteiger charge is -2.17. The van der Waals surface area contributed by atoms with E-state index in [0.29, 0.717) is 17.1 Å². The Bertz CT molecular complexity index is 918. The topological polar surface area (TPSA) is 72.8 Å². The quantitative estimate of drug-likeness (QED) is 0.556. The van der Waals surface area contributed by atoms with E-state index in [1.807, 2.05) is 52.0 Å². The van der Waals surface area contributed by atoms with Crippen LogP contribution < -0.4 is 14.8 Å². The molecule has 0 aliphatic rings. The molecule has 170 valence electrons. The van der Waals surface area contributed by atoms with Gasteiger partial charge in [-0.15, -0.1) is 0 Å². The number of benzene rings is 1. The standard InChI is InChI=1S/C24H35N3O4/c1-16(2)25-24(29)15-26(5)14-21(28)20-12-17(3)27(18(20)4)11-10-19-8-9-22(30-6)23(13-19)31-7/h8-9,12-13,16H,10-11,14-15H2,1-7H3,(H,25,29). The van der Waals surface area contributed by atoms with Crippen LogP contribution in [0, 0.1) is 13.8 Å². The highest BCUT2D eigenvalue weighted by molar-refractivity contribution is 5.99. The van der Waals surface area contributed by atoms with Crippen molar-refractivity contribution in [1.82, 2.24) is 14.8 Å². The predicted molar refractivity (Wildman–Crippen MR) is 122 cm³/mol. The van der Waals surface area contributed by atoms with E-state index in [0.717, 1.165) is 29.9 Å². The number of Topliss-reactive ketones (excluding diaryl/α,β-unsaturated/α-hetero) is 1. The Labute approximate surface area is 185 Å². The molecule has 0 fully saturated rings. The predicted octanol–water partition coefficient (Wildman–Crippen LogP) is 3.00. The minimum Gasteiger partial charge on any atom is -0.493 e. The summed E-state index contributed by atoms with van der Waals surface area (Å²) >= 11 is 0. The normalized spacial score (nSPS) is 11.1. The molecule has 31 heavy (non-hydrogen) atoms. The monoisotopic (exact) mass is 429 g/mol. The van der Waals surface area contributed by atoms with E-state index in [1.165, 1.54) is 0 Å². The molecule has 2 rings (SSSR count). The molecule has 2 aromatic rings. The van der Waals surface area contributed by atoms with Crippen molar-refractivity contribution >= 4 is 11.7 Å². The van der Waals surface area contributed by atoms with Crippen molar-refractivity contribution in [3.05, 3.63) is 46.8 Å². The summed E-state index contributed by atoms with van der Waals surface area (Å²) < 4.78 is 12.8. The average Bonchev–Trinajstić information content (AvgIpc) is 2.98. The Morgan fingerprint density at radius 2 is 1.74 bits per heavy atom. The molecule has 1 amide bonds. The average molecular weight is 430 g/mol. The van der Waals surface area contributed by atoms with E-state index in [2.05, 4.69) is 9.88 Å². The van der Waals surface area contributed by atoms with Crippen molar-refractivity contribution in [3.63, 3.8) is 0 Å². The summed E-state index contributed by atoms with van der Waals surface area (Å²) in [7, 11) is 5.04. The number of carbonyl (C=O) groups is 2. The number of nitrogens with one attached hydrogen (secondary N) is 1. The summed E-state index contributed by atoms with van der Waals surface area (Å²) in [6, 6.07) is 7.94. The molecular formula is C24H35N3O4. The van der Waals surface area contributed by atoms with Gasteiger partial charge in [-0.2, -0.15) is 0 Å². The smallest absolute Gasteiger partial charge is 0.234 e. The van der Waals surface area contributed by atoms with Gasteiger partial charge in [-0.3, -0.25) is 14.5 Å². The van der Waals surface area contributed by atoms with Crippen LogP contribution in [0.5, 0.6) is 11.5 Å². The highest BCUT2D eigenvalue weighted by Crippen LogP contribution is 2.28. The molecule has 0 spiro atoms. The molecule has 1 heterocycles. The van der Waals surface area contributed by atoms with Crippen LogP contribution in [0.15, 0.2) is 24.3 Å². The zero-order valence-corrected chi connectivity index (χ0v) is 19.7. The van der Waals surface area contributed by atoms with Crippen LogP contribution in [0.25, 0.3) is 0 Å². The van der Waals surface area contributed by atoms with Gasteiger partial charge in [0.05, 0.1) is 27.3 Å². The number of nitrogens with zero attached hydrogens (tertiary/aromatic N) is 2. The molecule has 0 atom stereocenters. The highest BCUT2D eigenvalue weighted by Gasteiger charge is 2.18. The molecule has 0 bridgehead atoms. The maximum absolute atomic E-state index is 12.9. The van der Waals surface area contributed by atoms with E-state index in [9.17, 15) is 9.59 Å². The van der Waals surface area contributed by atoms with Gasteiger partial charge in [-0.25, -0.2) is 0 Å². The number of likely N-dealkylation sites (N-methyl/N-ethyl adjacent to an activating group) is 1. The lowest BCUT2D eigenvalue weighted by Crippen LogP contribution is -2.40. The van der Waals surface area contributed by atoms with E-state index < -0.39 is 0 Å². The van der Waals surface area contributed by atoms with E-state index in [4.69, 9.17) is 9.47 Å². The minimum atomic E-state index is -0.0781. The maximum atomic E-state index is 12.9. The van der Waals surface area contributed by atoms with Crippen molar-refractivity contribution in [1.29, 1.82) is 0 Å². The zero-order chi connectivity index (χ0) is 23.1. The van der Waals surface area contributed by atoms with E-state index in [-0.39, 0.29) is 30.8 Å². The molecule has 1 aromatic heterocycles. The van der Waals surface area contributed by atoms with Gasteiger partial charge in [0.15, 0.2) is 17.3 Å². The number of hydrogen-bond acceptors (Lipinski definition) is 5. The Hall–Kier alpha value is -2.80. The molecule has 1 aromatic carbocycles. The number of amides is 1. The van der Waals surface area contributed by atoms with Crippen molar-refractivity contribution in [3.8, 4) is 11.5 Å². The Balaban J connectivity index is 2.05. The van der Waals surface area contributed by atoms with Crippen LogP contribution in [0.1, 0.15) is 41.2 Å². The number of carbonyl (C=O) groups excluding carboxylic acids is 2. The fourth-order valence-corrected chi connectivity index (χ4v) is 3.70. The van der Waals surface area contributed by atoms with E-state index in [1.54, 1.807) is 26.2 Å². The van der Waals surface area contributed by atoms with Crippen LogP contribution >= 0.6 is 0 Å². The first-order chi connectivity index (χ1) is 14.7. The largest absolute Gasteiger partial charge is 0.493 e. The third kappa shape index (κ3) is 6.59. The van der Waals surface area contributed by atoms with Gasteiger partial charge in [0, 0.05) is 29.5 Å². The second kappa shape index (κ2) is 11.0. The number of ether oxygens (including phenoxy) is 2.